The van der Waals surface area contributed by atoms with E-state index in [1.807, 2.05) is 0 Å². The number of carbonyl (C=O) groups is 1. The van der Waals surface area contributed by atoms with Gasteiger partial charge in [-0.2, -0.15) is 0 Å². The van der Waals surface area contributed by atoms with E-state index >= 15 is 0 Å². The van der Waals surface area contributed by atoms with Gasteiger partial charge in [-0.3, -0.25) is 4.79 Å². The summed E-state index contributed by atoms with van der Waals surface area (Å²) in [5.41, 5.74) is 5.53. The van der Waals surface area contributed by atoms with Crippen LogP contribution in [0, 0.1) is 5.92 Å². The van der Waals surface area contributed by atoms with Gasteiger partial charge in [0.15, 0.2) is 0 Å². The maximum Gasteiger partial charge on any atom is 0.237 e. The highest BCUT2D eigenvalue weighted by molar-refractivity contribution is 5.82. The molecule has 0 aromatic carbocycles. The van der Waals surface area contributed by atoms with Crippen LogP contribution in [0.1, 0.15) is 12.8 Å². The Morgan fingerprint density at radius 3 is 2.82 bits per heavy atom. The van der Waals surface area contributed by atoms with E-state index in [0.29, 0.717) is 5.92 Å². The topological polar surface area (TPSA) is 55.1 Å². The number of carbonyl (C=O) groups excluding carboxylic acids is 1. The minimum Gasteiger partial charge on any atom is -0.352 e. The summed E-state index contributed by atoms with van der Waals surface area (Å²) in [6.45, 7) is -0.442. The highest BCUT2D eigenvalue weighted by atomic mass is 19.1. The van der Waals surface area contributed by atoms with Gasteiger partial charge in [-0.25, -0.2) is 4.39 Å². The quantitative estimate of drug-likeness (QED) is 0.599. The summed E-state index contributed by atoms with van der Waals surface area (Å²) in [7, 11) is 0. The molecule has 1 fully saturated rings. The van der Waals surface area contributed by atoms with Crippen molar-refractivity contribution < 1.29 is 9.18 Å². The number of alkyl halides is 1. The molecule has 4 heteroatoms. The van der Waals surface area contributed by atoms with Crippen molar-refractivity contribution in [3.63, 3.8) is 0 Å². The first kappa shape index (κ1) is 8.46. The molecule has 0 aromatic rings. The Hall–Kier alpha value is -0.640. The van der Waals surface area contributed by atoms with Crippen LogP contribution in [-0.2, 0) is 4.79 Å². The van der Waals surface area contributed by atoms with E-state index in [1.165, 1.54) is 0 Å². The van der Waals surface area contributed by atoms with Crippen molar-refractivity contribution in [2.24, 2.45) is 11.7 Å². The highest BCUT2D eigenvalue weighted by Gasteiger charge is 2.32. The number of hydrogen-bond acceptors (Lipinski definition) is 2. The van der Waals surface area contributed by atoms with E-state index in [4.69, 9.17) is 5.73 Å². The fourth-order valence-electron chi connectivity index (χ4n) is 0.958. The molecule has 0 aliphatic heterocycles. The first-order valence-electron chi connectivity index (χ1n) is 3.85. The molecule has 11 heavy (non-hydrogen) atoms. The third kappa shape index (κ3) is 2.46. The van der Waals surface area contributed by atoms with Crippen molar-refractivity contribution in [1.29, 1.82) is 0 Å². The molecule has 0 bridgehead atoms. The molecule has 1 aliphatic carbocycles. The van der Waals surface area contributed by atoms with E-state index in [9.17, 15) is 9.18 Å². The predicted octanol–water partition coefficient (Wildman–Crippen LogP) is -0.191. The van der Waals surface area contributed by atoms with E-state index in [0.717, 1.165) is 12.8 Å². The van der Waals surface area contributed by atoms with Gasteiger partial charge in [0.05, 0.1) is 6.04 Å². The van der Waals surface area contributed by atoms with Crippen LogP contribution in [0.15, 0.2) is 0 Å². The molecular weight excluding hydrogens is 147 g/mol. The zero-order valence-electron chi connectivity index (χ0n) is 6.35. The Labute approximate surface area is 65.1 Å². The average Bonchev–Trinajstić information content (AvgIpc) is 2.81. The van der Waals surface area contributed by atoms with Crippen molar-refractivity contribution in [3.05, 3.63) is 0 Å². The van der Waals surface area contributed by atoms with E-state index in [1.54, 1.807) is 0 Å². The van der Waals surface area contributed by atoms with Crippen molar-refractivity contribution in [2.75, 3.05) is 13.2 Å². The smallest absolute Gasteiger partial charge is 0.237 e. The van der Waals surface area contributed by atoms with Gasteiger partial charge in [-0.1, -0.05) is 0 Å². The third-order valence-corrected chi connectivity index (χ3v) is 1.83. The normalized spacial score (nSPS) is 19.5. The van der Waals surface area contributed by atoms with Crippen LogP contribution in [-0.4, -0.2) is 25.2 Å². The third-order valence-electron chi connectivity index (χ3n) is 1.83. The molecule has 1 amide bonds. The van der Waals surface area contributed by atoms with Crippen molar-refractivity contribution in [3.8, 4) is 0 Å². The van der Waals surface area contributed by atoms with Gasteiger partial charge in [-0.05, 0) is 18.8 Å². The summed E-state index contributed by atoms with van der Waals surface area (Å²) >= 11 is 0. The lowest BCUT2D eigenvalue weighted by Gasteiger charge is -2.08. The Morgan fingerprint density at radius 1 is 1.73 bits per heavy atom. The van der Waals surface area contributed by atoms with Crippen LogP contribution < -0.4 is 11.1 Å². The Morgan fingerprint density at radius 2 is 2.36 bits per heavy atom. The molecule has 1 aliphatic rings. The van der Waals surface area contributed by atoms with E-state index in [2.05, 4.69) is 5.32 Å². The molecule has 1 saturated carbocycles. The van der Waals surface area contributed by atoms with Crippen LogP contribution >= 0.6 is 0 Å². The summed E-state index contributed by atoms with van der Waals surface area (Å²) < 4.78 is 11.6. The maximum absolute atomic E-state index is 11.6. The standard InChI is InChI=1S/C7H13FN2O/c8-3-4-10-7(11)6(9)5-1-2-5/h5-6H,1-4,9H2,(H,10,11). The summed E-state index contributed by atoms with van der Waals surface area (Å²) in [6.07, 6.45) is 2.06. The van der Waals surface area contributed by atoms with Gasteiger partial charge in [0.1, 0.15) is 6.67 Å². The average molecular weight is 160 g/mol. The monoisotopic (exact) mass is 160 g/mol. The first-order chi connectivity index (χ1) is 5.25. The van der Waals surface area contributed by atoms with Crippen LogP contribution in [0.4, 0.5) is 4.39 Å². The lowest BCUT2D eigenvalue weighted by Crippen LogP contribution is -2.42. The zero-order chi connectivity index (χ0) is 8.27. The van der Waals surface area contributed by atoms with Gasteiger partial charge in [0.2, 0.25) is 5.91 Å². The second-order valence-corrected chi connectivity index (χ2v) is 2.84. The fraction of sp³-hybridized carbons (Fsp3) is 0.857. The molecule has 3 nitrogen and oxygen atoms in total. The number of nitrogens with one attached hydrogen (secondary N) is 1. The summed E-state index contributed by atoms with van der Waals surface area (Å²) in [5.74, 6) is 0.125. The van der Waals surface area contributed by atoms with Crippen molar-refractivity contribution in [1.82, 2.24) is 5.32 Å². The molecule has 0 saturated heterocycles. The number of amides is 1. The summed E-state index contributed by atoms with van der Waals surface area (Å²) in [6, 6.07) is -0.415. The first-order valence-corrected chi connectivity index (χ1v) is 3.85. The van der Waals surface area contributed by atoms with Gasteiger partial charge < -0.3 is 11.1 Å². The molecule has 0 spiro atoms. The fourth-order valence-corrected chi connectivity index (χ4v) is 0.958. The largest absolute Gasteiger partial charge is 0.352 e. The molecule has 0 heterocycles. The second-order valence-electron chi connectivity index (χ2n) is 2.84. The van der Waals surface area contributed by atoms with E-state index < -0.39 is 12.7 Å². The molecule has 3 N–H and O–H groups in total. The van der Waals surface area contributed by atoms with Gasteiger partial charge >= 0.3 is 0 Å². The zero-order valence-corrected chi connectivity index (χ0v) is 6.35. The number of nitrogens with two attached hydrogens (primary N) is 1. The van der Waals surface area contributed by atoms with E-state index in [-0.39, 0.29) is 12.5 Å². The molecule has 1 atom stereocenters. The van der Waals surface area contributed by atoms with Crippen LogP contribution in [0.2, 0.25) is 0 Å². The molecule has 1 unspecified atom stereocenters. The highest BCUT2D eigenvalue weighted by Crippen LogP contribution is 2.31. The molecule has 0 aromatic heterocycles. The van der Waals surface area contributed by atoms with Gasteiger partial charge in [0, 0.05) is 6.54 Å². The Balaban J connectivity index is 2.16. The molecule has 64 valence electrons. The molecule has 1 rings (SSSR count). The summed E-state index contributed by atoms with van der Waals surface area (Å²) in [4.78, 5) is 11.0. The van der Waals surface area contributed by atoms with Crippen molar-refractivity contribution >= 4 is 5.91 Å². The maximum atomic E-state index is 11.6. The van der Waals surface area contributed by atoms with Crippen LogP contribution in [0.25, 0.3) is 0 Å². The minimum absolute atomic E-state index is 0.0826. The van der Waals surface area contributed by atoms with Crippen LogP contribution in [0.5, 0.6) is 0 Å². The number of rotatable bonds is 4. The lowest BCUT2D eigenvalue weighted by atomic mass is 10.2. The second kappa shape index (κ2) is 3.67. The number of halogens is 1. The SMILES string of the molecule is NC(C(=O)NCCF)C1CC1. The van der Waals surface area contributed by atoms with Crippen molar-refractivity contribution in [2.45, 2.75) is 18.9 Å². The molecule has 0 radical (unpaired) electrons. The van der Waals surface area contributed by atoms with Crippen LogP contribution in [0.3, 0.4) is 0 Å². The van der Waals surface area contributed by atoms with Gasteiger partial charge in [0.25, 0.3) is 0 Å². The van der Waals surface area contributed by atoms with Gasteiger partial charge in [-0.15, -0.1) is 0 Å². The molecular formula is C7H13FN2O. The number of hydrogen-bond donors (Lipinski definition) is 2. The lowest BCUT2D eigenvalue weighted by molar-refractivity contribution is -0.122. The summed E-state index contributed by atoms with van der Waals surface area (Å²) in [5, 5.41) is 2.41. The Kier molecular flexibility index (Phi) is 2.82. The Bertz CT molecular complexity index is 147. The minimum atomic E-state index is -0.525. The predicted molar refractivity (Wildman–Crippen MR) is 39.7 cm³/mol.